The van der Waals surface area contributed by atoms with Gasteiger partial charge in [0.1, 0.15) is 6.04 Å². The van der Waals surface area contributed by atoms with Gasteiger partial charge in [0.25, 0.3) is 0 Å². The highest BCUT2D eigenvalue weighted by Crippen LogP contribution is 2.29. The van der Waals surface area contributed by atoms with Crippen LogP contribution in [-0.2, 0) is 24.2 Å². The minimum atomic E-state index is -0.869. The summed E-state index contributed by atoms with van der Waals surface area (Å²) in [6.07, 6.45) is 2.25. The van der Waals surface area contributed by atoms with Gasteiger partial charge in [0.05, 0.1) is 24.0 Å². The smallest absolute Gasteiger partial charge is 0.321 e. The van der Waals surface area contributed by atoms with Crippen LogP contribution < -0.4 is 11.1 Å². The highest BCUT2D eigenvalue weighted by atomic mass is 16.3. The Bertz CT molecular complexity index is 1690. The first kappa shape index (κ1) is 35.7. The molecule has 2 aromatic heterocycles. The molecule has 1 fully saturated rings. The second kappa shape index (κ2) is 15.7. The number of amides is 3. The van der Waals surface area contributed by atoms with E-state index >= 15 is 0 Å². The summed E-state index contributed by atoms with van der Waals surface area (Å²) < 4.78 is 0. The van der Waals surface area contributed by atoms with E-state index in [-0.39, 0.29) is 18.4 Å². The summed E-state index contributed by atoms with van der Waals surface area (Å²) >= 11 is 0. The number of pyridine rings is 2. The highest BCUT2D eigenvalue weighted by Gasteiger charge is 2.44. The topological polar surface area (TPSA) is 125 Å². The van der Waals surface area contributed by atoms with Crippen molar-refractivity contribution in [3.63, 3.8) is 0 Å². The third-order valence-electron chi connectivity index (χ3n) is 9.13. The quantitative estimate of drug-likeness (QED) is 0.175. The van der Waals surface area contributed by atoms with Gasteiger partial charge >= 0.3 is 6.03 Å². The Morgan fingerprint density at radius 2 is 1.63 bits per heavy atom. The molecule has 3 amide bonds. The number of carbonyl (C=O) groups excluding carboxylic acids is 2. The molecule has 5 rings (SSSR count). The first-order chi connectivity index (χ1) is 23.4. The molecular formula is C40H50N6O3. The second-order valence-electron chi connectivity index (χ2n) is 14.4. The third kappa shape index (κ3) is 9.52. The van der Waals surface area contributed by atoms with Crippen molar-refractivity contribution in [2.24, 2.45) is 11.1 Å². The normalized spacial score (nSPS) is 15.9. The summed E-state index contributed by atoms with van der Waals surface area (Å²) in [6, 6.07) is 26.0. The lowest BCUT2D eigenvalue weighted by atomic mass is 9.84. The van der Waals surface area contributed by atoms with Crippen LogP contribution in [-0.4, -0.2) is 74.1 Å². The van der Waals surface area contributed by atoms with Gasteiger partial charge in [-0.3, -0.25) is 14.8 Å². The Morgan fingerprint density at radius 1 is 0.918 bits per heavy atom. The molecule has 4 atom stereocenters. The highest BCUT2D eigenvalue weighted by molar-refractivity contribution is 5.89. The predicted octanol–water partition coefficient (Wildman–Crippen LogP) is 5.46. The molecule has 0 bridgehead atoms. The average Bonchev–Trinajstić information content (AvgIpc) is 3.40. The minimum absolute atomic E-state index is 0.177. The van der Waals surface area contributed by atoms with E-state index in [9.17, 15) is 14.7 Å². The fourth-order valence-electron chi connectivity index (χ4n) is 6.57. The molecule has 4 N–H and O–H groups in total. The summed E-state index contributed by atoms with van der Waals surface area (Å²) in [4.78, 5) is 40.4. The van der Waals surface area contributed by atoms with Crippen LogP contribution in [0.2, 0.25) is 0 Å². The van der Waals surface area contributed by atoms with Crippen molar-refractivity contribution in [2.45, 2.75) is 84.7 Å². The Kier molecular flexibility index (Phi) is 11.5. The van der Waals surface area contributed by atoms with E-state index in [1.807, 2.05) is 126 Å². The van der Waals surface area contributed by atoms with Crippen molar-refractivity contribution >= 4 is 11.9 Å². The van der Waals surface area contributed by atoms with Gasteiger partial charge in [-0.15, -0.1) is 0 Å². The summed E-state index contributed by atoms with van der Waals surface area (Å²) in [7, 11) is 0. The minimum Gasteiger partial charge on any atom is -0.391 e. The van der Waals surface area contributed by atoms with Crippen LogP contribution in [0, 0.1) is 19.3 Å². The molecule has 0 radical (unpaired) electrons. The molecule has 0 saturated carbocycles. The maximum absolute atomic E-state index is 14.2. The van der Waals surface area contributed by atoms with Gasteiger partial charge < -0.3 is 26.0 Å². The van der Waals surface area contributed by atoms with Crippen LogP contribution in [0.5, 0.6) is 0 Å². The van der Waals surface area contributed by atoms with E-state index < -0.39 is 29.6 Å². The van der Waals surface area contributed by atoms with Gasteiger partial charge in [-0.2, -0.15) is 0 Å². The molecular weight excluding hydrogens is 612 g/mol. The average molecular weight is 663 g/mol. The van der Waals surface area contributed by atoms with Gasteiger partial charge in [0.15, 0.2) is 0 Å². The van der Waals surface area contributed by atoms with Crippen LogP contribution in [0.25, 0.3) is 11.3 Å². The number of aliphatic hydroxyl groups is 1. The van der Waals surface area contributed by atoms with Crippen LogP contribution in [0.3, 0.4) is 0 Å². The predicted molar refractivity (Wildman–Crippen MR) is 194 cm³/mol. The molecule has 9 nitrogen and oxygen atoms in total. The Hall–Kier alpha value is -4.60. The standard InChI is InChI=1S/C40H50N6O3/c1-27-14-19-35(42-25-27)31-17-15-30(16-18-31)23-34(41)36(47)24-33(22-29-11-7-6-8-12-29)44-38(48)37(40(3,4)5)46-21-20-45(39(46)49)26-32-13-9-10-28(2)43-32/h6-19,25,33-34,36-37,47H,20-24,26,41H2,1-5H3,(H,44,48)/t33-,34-,36-,37+/m0/s1. The van der Waals surface area contributed by atoms with Crippen molar-refractivity contribution in [3.05, 3.63) is 119 Å². The van der Waals surface area contributed by atoms with Crippen LogP contribution in [0.1, 0.15) is 55.3 Å². The zero-order valence-corrected chi connectivity index (χ0v) is 29.3. The van der Waals surface area contributed by atoms with Crippen molar-refractivity contribution in [1.29, 1.82) is 0 Å². The van der Waals surface area contributed by atoms with Gasteiger partial charge in [-0.05, 0) is 73.4 Å². The van der Waals surface area contributed by atoms with Gasteiger partial charge in [0, 0.05) is 42.6 Å². The molecule has 9 heteroatoms. The monoisotopic (exact) mass is 662 g/mol. The SMILES string of the molecule is Cc1ccc(-c2ccc(C[C@H](N)[C@@H](O)C[C@H](Cc3ccccc3)NC(=O)[C@@H](N3CCN(Cc4cccc(C)n4)C3=O)C(C)(C)C)cc2)nc1. The number of nitrogens with zero attached hydrogens (tertiary/aromatic N) is 4. The van der Waals surface area contributed by atoms with Gasteiger partial charge in [-0.1, -0.05) is 87.5 Å². The Labute approximate surface area is 290 Å². The summed E-state index contributed by atoms with van der Waals surface area (Å²) in [5.74, 6) is -0.238. The summed E-state index contributed by atoms with van der Waals surface area (Å²) in [5.41, 5.74) is 12.8. The molecule has 0 unspecified atom stereocenters. The number of nitrogens with two attached hydrogens (primary N) is 1. The molecule has 1 aliphatic rings. The number of aliphatic hydroxyl groups excluding tert-OH is 1. The van der Waals surface area contributed by atoms with Gasteiger partial charge in [0.2, 0.25) is 5.91 Å². The number of aromatic nitrogens is 2. The van der Waals surface area contributed by atoms with E-state index in [4.69, 9.17) is 5.73 Å². The summed E-state index contributed by atoms with van der Waals surface area (Å²) in [6.45, 7) is 11.2. The number of urea groups is 1. The van der Waals surface area contributed by atoms with Crippen molar-refractivity contribution < 1.29 is 14.7 Å². The molecule has 1 saturated heterocycles. The maximum atomic E-state index is 14.2. The van der Waals surface area contributed by atoms with Crippen LogP contribution in [0.4, 0.5) is 4.79 Å². The molecule has 0 spiro atoms. The molecule has 4 aromatic rings. The molecule has 2 aromatic carbocycles. The van der Waals surface area contributed by atoms with Gasteiger partial charge in [-0.25, -0.2) is 4.79 Å². The molecule has 3 heterocycles. The molecule has 258 valence electrons. The zero-order chi connectivity index (χ0) is 35.1. The number of nitrogens with one attached hydrogen (secondary N) is 1. The Morgan fingerprint density at radius 3 is 2.29 bits per heavy atom. The van der Waals surface area contributed by atoms with E-state index in [0.717, 1.165) is 39.3 Å². The third-order valence-corrected chi connectivity index (χ3v) is 9.13. The molecule has 49 heavy (non-hydrogen) atoms. The number of benzene rings is 2. The first-order valence-electron chi connectivity index (χ1n) is 17.2. The number of aryl methyl sites for hydroxylation is 2. The number of carbonyl (C=O) groups is 2. The summed E-state index contributed by atoms with van der Waals surface area (Å²) in [5, 5.41) is 14.6. The van der Waals surface area contributed by atoms with E-state index in [0.29, 0.717) is 32.5 Å². The number of rotatable bonds is 13. The van der Waals surface area contributed by atoms with E-state index in [2.05, 4.69) is 15.3 Å². The van der Waals surface area contributed by atoms with Crippen molar-refractivity contribution in [3.8, 4) is 11.3 Å². The number of hydrogen-bond donors (Lipinski definition) is 3. The number of hydrogen-bond acceptors (Lipinski definition) is 6. The largest absolute Gasteiger partial charge is 0.391 e. The fraction of sp³-hybridized carbons (Fsp3) is 0.400. The molecule has 0 aliphatic carbocycles. The van der Waals surface area contributed by atoms with E-state index in [1.165, 1.54) is 0 Å². The lowest BCUT2D eigenvalue weighted by Gasteiger charge is -2.37. The van der Waals surface area contributed by atoms with Crippen molar-refractivity contribution in [1.82, 2.24) is 25.1 Å². The zero-order valence-electron chi connectivity index (χ0n) is 29.3. The van der Waals surface area contributed by atoms with Crippen LogP contribution in [0.15, 0.2) is 91.1 Å². The maximum Gasteiger partial charge on any atom is 0.321 e. The molecule has 1 aliphatic heterocycles. The first-order valence-corrected chi connectivity index (χ1v) is 17.2. The van der Waals surface area contributed by atoms with Crippen molar-refractivity contribution in [2.75, 3.05) is 13.1 Å². The lowest BCUT2D eigenvalue weighted by Crippen LogP contribution is -2.57. The lowest BCUT2D eigenvalue weighted by molar-refractivity contribution is -0.129. The Balaban J connectivity index is 1.27. The van der Waals surface area contributed by atoms with E-state index in [1.54, 1.807) is 9.80 Å². The second-order valence-corrected chi connectivity index (χ2v) is 14.4. The van der Waals surface area contributed by atoms with Crippen LogP contribution >= 0.6 is 0 Å². The fourth-order valence-corrected chi connectivity index (χ4v) is 6.57.